The highest BCUT2D eigenvalue weighted by Crippen LogP contribution is 2.01. The lowest BCUT2D eigenvalue weighted by Crippen LogP contribution is -2.21. The minimum absolute atomic E-state index is 0.845. The molecule has 0 unspecified atom stereocenters. The van der Waals surface area contributed by atoms with E-state index in [1.165, 1.54) is 0 Å². The van der Waals surface area contributed by atoms with Gasteiger partial charge in [-0.3, -0.25) is 9.98 Å². The molecule has 0 heterocycles. The molecule has 0 aromatic heterocycles. The summed E-state index contributed by atoms with van der Waals surface area (Å²) in [5.41, 5.74) is 0.968. The molecule has 0 spiro atoms. The van der Waals surface area contributed by atoms with Gasteiger partial charge in [0.05, 0.1) is 0 Å². The first-order valence-electron chi connectivity index (χ1n) is 3.62. The summed E-state index contributed by atoms with van der Waals surface area (Å²) < 4.78 is 0. The van der Waals surface area contributed by atoms with E-state index < -0.39 is 0 Å². The van der Waals surface area contributed by atoms with E-state index in [0.29, 0.717) is 0 Å². The van der Waals surface area contributed by atoms with Crippen molar-refractivity contribution in [3.63, 3.8) is 0 Å². The maximum Gasteiger partial charge on any atom is 0.131 e. The van der Waals surface area contributed by atoms with Gasteiger partial charge in [-0.05, 0) is 19.8 Å². The van der Waals surface area contributed by atoms with Crippen LogP contribution < -0.4 is 0 Å². The number of nitrogens with zero attached hydrogens (tertiary/aromatic N) is 3. The third kappa shape index (κ3) is 2.70. The van der Waals surface area contributed by atoms with Gasteiger partial charge in [0, 0.05) is 25.9 Å². The van der Waals surface area contributed by atoms with Crippen LogP contribution in [0, 0.1) is 0 Å². The Kier molecular flexibility index (Phi) is 4.69. The summed E-state index contributed by atoms with van der Waals surface area (Å²) in [5.74, 6) is 0.845. The van der Waals surface area contributed by atoms with E-state index >= 15 is 0 Å². The molecule has 0 aromatic rings. The maximum absolute atomic E-state index is 4.09. The Labute approximate surface area is 73.8 Å². The molecule has 0 rings (SSSR count). The SMILES string of the molecule is C=CN(C)C(=NC)/C(C)=C\N=C. The molecule has 0 saturated heterocycles. The number of aliphatic imine (C=N–C) groups is 2. The minimum atomic E-state index is 0.845. The van der Waals surface area contributed by atoms with Gasteiger partial charge in [0.25, 0.3) is 0 Å². The Balaban J connectivity index is 4.68. The first-order valence-corrected chi connectivity index (χ1v) is 3.62. The monoisotopic (exact) mass is 165 g/mol. The van der Waals surface area contributed by atoms with E-state index in [1.807, 2.05) is 18.9 Å². The second-order valence-corrected chi connectivity index (χ2v) is 2.34. The van der Waals surface area contributed by atoms with Crippen molar-refractivity contribution in [1.82, 2.24) is 4.90 Å². The van der Waals surface area contributed by atoms with Crippen LogP contribution in [0.25, 0.3) is 0 Å². The fourth-order valence-electron chi connectivity index (χ4n) is 0.893. The molecule has 0 aliphatic rings. The Morgan fingerprint density at radius 2 is 2.08 bits per heavy atom. The minimum Gasteiger partial charge on any atom is -0.337 e. The molecule has 0 bridgehead atoms. The van der Waals surface area contributed by atoms with Crippen molar-refractivity contribution in [2.45, 2.75) is 6.92 Å². The summed E-state index contributed by atoms with van der Waals surface area (Å²) in [5, 5.41) is 0. The average Bonchev–Trinajstić information content (AvgIpc) is 2.06. The zero-order valence-corrected chi connectivity index (χ0v) is 7.91. The van der Waals surface area contributed by atoms with Crippen LogP contribution in [0.1, 0.15) is 6.92 Å². The van der Waals surface area contributed by atoms with Gasteiger partial charge in [0.1, 0.15) is 5.84 Å². The average molecular weight is 165 g/mol. The molecule has 66 valence electrons. The quantitative estimate of drug-likeness (QED) is 0.462. The van der Waals surface area contributed by atoms with Crippen LogP contribution in [0.15, 0.2) is 34.5 Å². The molecule has 3 nitrogen and oxygen atoms in total. The van der Waals surface area contributed by atoms with Crippen molar-refractivity contribution < 1.29 is 0 Å². The molecule has 3 heteroatoms. The molecule has 0 aromatic carbocycles. The zero-order valence-electron chi connectivity index (χ0n) is 7.91. The van der Waals surface area contributed by atoms with E-state index in [4.69, 9.17) is 0 Å². The van der Waals surface area contributed by atoms with E-state index in [-0.39, 0.29) is 0 Å². The van der Waals surface area contributed by atoms with Gasteiger partial charge in [-0.25, -0.2) is 0 Å². The Bertz CT molecular complexity index is 226. The van der Waals surface area contributed by atoms with Crippen molar-refractivity contribution in [2.24, 2.45) is 9.98 Å². The molecule has 0 N–H and O–H groups in total. The normalized spacial score (nSPS) is 12.6. The van der Waals surface area contributed by atoms with Gasteiger partial charge in [-0.2, -0.15) is 0 Å². The van der Waals surface area contributed by atoms with Crippen molar-refractivity contribution in [2.75, 3.05) is 14.1 Å². The van der Waals surface area contributed by atoms with Crippen LogP contribution in [-0.2, 0) is 0 Å². The highest BCUT2D eigenvalue weighted by atomic mass is 15.1. The topological polar surface area (TPSA) is 28.0 Å². The van der Waals surface area contributed by atoms with Crippen LogP contribution in [0.4, 0.5) is 0 Å². The van der Waals surface area contributed by atoms with E-state index in [2.05, 4.69) is 23.3 Å². The lowest BCUT2D eigenvalue weighted by Gasteiger charge is -2.15. The molecular formula is C9H15N3. The van der Waals surface area contributed by atoms with Crippen molar-refractivity contribution in [1.29, 1.82) is 0 Å². The van der Waals surface area contributed by atoms with Gasteiger partial charge in [0.15, 0.2) is 0 Å². The Morgan fingerprint density at radius 1 is 1.50 bits per heavy atom. The highest BCUT2D eigenvalue weighted by Gasteiger charge is 2.03. The molecule has 0 atom stereocenters. The second-order valence-electron chi connectivity index (χ2n) is 2.34. The number of hydrogen-bond acceptors (Lipinski definition) is 2. The molecular weight excluding hydrogens is 150 g/mol. The van der Waals surface area contributed by atoms with Crippen LogP contribution in [0.2, 0.25) is 0 Å². The summed E-state index contributed by atoms with van der Waals surface area (Å²) >= 11 is 0. The zero-order chi connectivity index (χ0) is 9.56. The maximum atomic E-state index is 4.09. The summed E-state index contributed by atoms with van der Waals surface area (Å²) in [7, 11) is 3.62. The lowest BCUT2D eigenvalue weighted by molar-refractivity contribution is 0.687. The number of rotatable bonds is 3. The van der Waals surface area contributed by atoms with Gasteiger partial charge < -0.3 is 4.90 Å². The predicted octanol–water partition coefficient (Wildman–Crippen LogP) is 1.69. The fourth-order valence-corrected chi connectivity index (χ4v) is 0.893. The van der Waals surface area contributed by atoms with Crippen molar-refractivity contribution in [3.8, 4) is 0 Å². The van der Waals surface area contributed by atoms with Crippen molar-refractivity contribution >= 4 is 12.6 Å². The number of amidine groups is 1. The van der Waals surface area contributed by atoms with E-state index in [0.717, 1.165) is 11.4 Å². The molecule has 0 aliphatic carbocycles. The Hall–Kier alpha value is -1.38. The summed E-state index contributed by atoms with van der Waals surface area (Å²) in [6, 6.07) is 0. The van der Waals surface area contributed by atoms with Crippen LogP contribution >= 0.6 is 0 Å². The summed E-state index contributed by atoms with van der Waals surface area (Å²) in [4.78, 5) is 9.59. The smallest absolute Gasteiger partial charge is 0.131 e. The van der Waals surface area contributed by atoms with Crippen LogP contribution in [-0.4, -0.2) is 31.5 Å². The van der Waals surface area contributed by atoms with Gasteiger partial charge in [-0.15, -0.1) is 0 Å². The van der Waals surface area contributed by atoms with Crippen LogP contribution in [0.5, 0.6) is 0 Å². The van der Waals surface area contributed by atoms with E-state index in [9.17, 15) is 0 Å². The molecule has 0 fully saturated rings. The van der Waals surface area contributed by atoms with Crippen molar-refractivity contribution in [3.05, 3.63) is 24.6 Å². The third-order valence-corrected chi connectivity index (χ3v) is 1.46. The number of likely N-dealkylation sites (N-methyl/N-ethyl adjacent to an activating group) is 1. The summed E-state index contributed by atoms with van der Waals surface area (Å²) in [6.07, 6.45) is 3.37. The fraction of sp³-hybridized carbons (Fsp3) is 0.333. The number of hydrogen-bond donors (Lipinski definition) is 0. The molecule has 0 saturated carbocycles. The van der Waals surface area contributed by atoms with Crippen LogP contribution in [0.3, 0.4) is 0 Å². The highest BCUT2D eigenvalue weighted by molar-refractivity contribution is 5.98. The first kappa shape index (κ1) is 10.6. The Morgan fingerprint density at radius 3 is 2.42 bits per heavy atom. The molecule has 0 aliphatic heterocycles. The largest absolute Gasteiger partial charge is 0.337 e. The summed E-state index contributed by atoms with van der Waals surface area (Å²) in [6.45, 7) is 8.95. The first-order chi connectivity index (χ1) is 5.67. The van der Waals surface area contributed by atoms with Gasteiger partial charge in [-0.1, -0.05) is 6.58 Å². The third-order valence-electron chi connectivity index (χ3n) is 1.46. The molecule has 0 amide bonds. The van der Waals surface area contributed by atoms with Gasteiger partial charge >= 0.3 is 0 Å². The predicted molar refractivity (Wildman–Crippen MR) is 54.6 cm³/mol. The van der Waals surface area contributed by atoms with Gasteiger partial charge in [0.2, 0.25) is 0 Å². The lowest BCUT2D eigenvalue weighted by atomic mass is 10.3. The van der Waals surface area contributed by atoms with E-state index in [1.54, 1.807) is 19.4 Å². The second kappa shape index (κ2) is 5.29. The standard InChI is InChI=1S/C9H15N3/c1-6-12(5)9(11-4)8(2)7-10-3/h6-7H,1,3H2,2,4-5H3/b8-7-,11-9?. The molecule has 12 heavy (non-hydrogen) atoms. The molecule has 0 radical (unpaired) electrons.